The van der Waals surface area contributed by atoms with Gasteiger partial charge in [0.25, 0.3) is 5.91 Å². The Balaban J connectivity index is 2.06. The smallest absolute Gasteiger partial charge is 0.256 e. The molecule has 0 radical (unpaired) electrons. The van der Waals surface area contributed by atoms with Crippen LogP contribution < -0.4 is 10.1 Å². The lowest BCUT2D eigenvalue weighted by molar-refractivity contribution is -0.143. The molecular formula is C19H28ClNO4. The van der Waals surface area contributed by atoms with Crippen molar-refractivity contribution < 1.29 is 19.0 Å². The molecule has 25 heavy (non-hydrogen) atoms. The summed E-state index contributed by atoms with van der Waals surface area (Å²) in [6.07, 6.45) is 3.49. The molecule has 1 aliphatic rings. The third kappa shape index (κ3) is 5.09. The van der Waals surface area contributed by atoms with E-state index in [0.29, 0.717) is 29.0 Å². The van der Waals surface area contributed by atoms with Crippen molar-refractivity contribution in [3.8, 4) is 5.75 Å². The fourth-order valence-corrected chi connectivity index (χ4v) is 3.62. The van der Waals surface area contributed by atoms with E-state index in [9.17, 15) is 4.79 Å². The van der Waals surface area contributed by atoms with Gasteiger partial charge in [-0.15, -0.1) is 0 Å². The van der Waals surface area contributed by atoms with E-state index in [1.165, 1.54) is 0 Å². The lowest BCUT2D eigenvalue weighted by Gasteiger charge is -2.37. The van der Waals surface area contributed by atoms with Crippen LogP contribution in [-0.2, 0) is 14.3 Å². The van der Waals surface area contributed by atoms with Gasteiger partial charge in [0.05, 0.1) is 11.6 Å². The Morgan fingerprint density at radius 1 is 1.44 bits per heavy atom. The van der Waals surface area contributed by atoms with Crippen LogP contribution >= 0.6 is 11.6 Å². The molecule has 6 heteroatoms. The van der Waals surface area contributed by atoms with Gasteiger partial charge in [-0.05, 0) is 50.3 Å². The number of ether oxygens (including phenoxy) is 3. The van der Waals surface area contributed by atoms with E-state index in [2.05, 4.69) is 12.2 Å². The second kappa shape index (κ2) is 8.88. The number of methoxy groups -OCH3 is 2. The number of benzene rings is 1. The lowest BCUT2D eigenvalue weighted by Crippen LogP contribution is -2.47. The normalized spacial score (nSPS) is 24.6. The molecule has 0 aliphatic heterocycles. The van der Waals surface area contributed by atoms with Crippen molar-refractivity contribution >= 4 is 23.2 Å². The van der Waals surface area contributed by atoms with E-state index in [4.69, 9.17) is 25.8 Å². The molecule has 2 rings (SSSR count). The van der Waals surface area contributed by atoms with Gasteiger partial charge >= 0.3 is 0 Å². The summed E-state index contributed by atoms with van der Waals surface area (Å²) in [4.78, 5) is 12.8. The van der Waals surface area contributed by atoms with Gasteiger partial charge in [0.2, 0.25) is 0 Å². The van der Waals surface area contributed by atoms with Crippen LogP contribution in [0.3, 0.4) is 0 Å². The topological polar surface area (TPSA) is 56.8 Å². The van der Waals surface area contributed by atoms with Gasteiger partial charge in [-0.3, -0.25) is 4.79 Å². The molecule has 0 aromatic heterocycles. The Bertz CT molecular complexity index is 595. The average Bonchev–Trinajstić information content (AvgIpc) is 2.57. The second-order valence-corrected chi connectivity index (χ2v) is 7.29. The average molecular weight is 370 g/mol. The molecule has 1 fully saturated rings. The molecule has 140 valence electrons. The minimum Gasteiger partial charge on any atom is -0.487 e. The number of carbonyl (C=O) groups is 1. The number of nitrogens with one attached hydrogen (secondary N) is 1. The van der Waals surface area contributed by atoms with Crippen LogP contribution in [0.5, 0.6) is 5.75 Å². The van der Waals surface area contributed by atoms with Crippen LogP contribution in [0.2, 0.25) is 5.02 Å². The van der Waals surface area contributed by atoms with Crippen LogP contribution in [-0.4, -0.2) is 38.4 Å². The second-order valence-electron chi connectivity index (χ2n) is 6.88. The molecule has 5 nitrogen and oxygen atoms in total. The fraction of sp³-hybridized carbons (Fsp3) is 0.632. The van der Waals surface area contributed by atoms with Gasteiger partial charge in [0.15, 0.2) is 0 Å². The highest BCUT2D eigenvalue weighted by molar-refractivity contribution is 6.32. The van der Waals surface area contributed by atoms with Crippen molar-refractivity contribution in [1.82, 2.24) is 0 Å². The summed E-state index contributed by atoms with van der Waals surface area (Å²) in [6, 6.07) is 5.24. The summed E-state index contributed by atoms with van der Waals surface area (Å²) in [5.41, 5.74) is -0.122. The molecular weight excluding hydrogens is 342 g/mol. The number of carbonyl (C=O) groups excluding carboxylic acids is 1. The van der Waals surface area contributed by atoms with E-state index in [0.717, 1.165) is 25.7 Å². The van der Waals surface area contributed by atoms with Crippen LogP contribution in [0.15, 0.2) is 18.2 Å². The van der Waals surface area contributed by atoms with E-state index < -0.39 is 5.60 Å². The van der Waals surface area contributed by atoms with Gasteiger partial charge in [0.1, 0.15) is 17.5 Å². The van der Waals surface area contributed by atoms with Crippen LogP contribution in [0.25, 0.3) is 0 Å². The zero-order valence-electron chi connectivity index (χ0n) is 15.4. The Kier molecular flexibility index (Phi) is 7.11. The Labute approximate surface area is 155 Å². The van der Waals surface area contributed by atoms with E-state index in [1.807, 2.05) is 6.92 Å². The predicted molar refractivity (Wildman–Crippen MR) is 99.4 cm³/mol. The van der Waals surface area contributed by atoms with Crippen LogP contribution in [0, 0.1) is 5.92 Å². The Hall–Kier alpha value is -1.30. The van der Waals surface area contributed by atoms with Crippen LogP contribution in [0.1, 0.15) is 39.5 Å². The number of anilines is 1. The van der Waals surface area contributed by atoms with E-state index in [-0.39, 0.29) is 12.0 Å². The van der Waals surface area contributed by atoms with Crippen molar-refractivity contribution in [2.24, 2.45) is 5.92 Å². The zero-order chi connectivity index (χ0) is 18.4. The molecule has 1 amide bonds. The molecule has 0 unspecified atom stereocenters. The largest absolute Gasteiger partial charge is 0.487 e. The van der Waals surface area contributed by atoms with Gasteiger partial charge < -0.3 is 19.5 Å². The monoisotopic (exact) mass is 369 g/mol. The Morgan fingerprint density at radius 2 is 2.20 bits per heavy atom. The first kappa shape index (κ1) is 20.0. The third-order valence-corrected chi connectivity index (χ3v) is 4.97. The third-order valence-electron chi connectivity index (χ3n) is 4.68. The molecule has 1 saturated carbocycles. The predicted octanol–water partition coefficient (Wildman–Crippen LogP) is 4.29. The molecule has 0 bridgehead atoms. The maximum atomic E-state index is 12.8. The van der Waals surface area contributed by atoms with Crippen molar-refractivity contribution in [3.63, 3.8) is 0 Å². The number of hydrogen-bond donors (Lipinski definition) is 1. The van der Waals surface area contributed by atoms with Gasteiger partial charge in [-0.2, -0.15) is 0 Å². The number of hydrogen-bond acceptors (Lipinski definition) is 4. The molecule has 0 spiro atoms. The quantitative estimate of drug-likeness (QED) is 0.779. The summed E-state index contributed by atoms with van der Waals surface area (Å²) in [7, 11) is 3.23. The van der Waals surface area contributed by atoms with E-state index in [1.54, 1.807) is 32.4 Å². The number of halogens is 1. The van der Waals surface area contributed by atoms with Crippen molar-refractivity contribution in [2.45, 2.75) is 51.2 Å². The fourth-order valence-electron chi connectivity index (χ4n) is 3.39. The standard InChI is InChI=1S/C19H28ClNO4/c1-13-6-5-9-19(11-13,24-4)18(22)21-15-7-8-17(16(20)10-15)25-14(2)12-23-3/h7-8,10,13-14H,5-6,9,11-12H2,1-4H3,(H,21,22)/t13-,14-,19+/m0/s1. The first-order chi connectivity index (χ1) is 11.9. The van der Waals surface area contributed by atoms with Crippen molar-refractivity contribution in [3.05, 3.63) is 23.2 Å². The molecule has 3 atom stereocenters. The maximum Gasteiger partial charge on any atom is 0.256 e. The van der Waals surface area contributed by atoms with Gasteiger partial charge in [-0.25, -0.2) is 0 Å². The summed E-state index contributed by atoms with van der Waals surface area (Å²) in [5, 5.41) is 3.39. The molecule has 1 aromatic carbocycles. The maximum absolute atomic E-state index is 12.8. The molecule has 1 N–H and O–H groups in total. The molecule has 1 aromatic rings. The first-order valence-corrected chi connectivity index (χ1v) is 9.09. The highest BCUT2D eigenvalue weighted by atomic mass is 35.5. The highest BCUT2D eigenvalue weighted by Gasteiger charge is 2.42. The minimum atomic E-state index is -0.758. The highest BCUT2D eigenvalue weighted by Crippen LogP contribution is 2.36. The molecule has 0 saturated heterocycles. The number of amides is 1. The summed E-state index contributed by atoms with van der Waals surface area (Å²) in [6.45, 7) is 4.54. The molecule has 0 heterocycles. The lowest BCUT2D eigenvalue weighted by atomic mass is 9.78. The SMILES string of the molecule is COC[C@H](C)Oc1ccc(NC(=O)[C@@]2(OC)CCC[C@H](C)C2)cc1Cl. The summed E-state index contributed by atoms with van der Waals surface area (Å²) in [5.74, 6) is 0.928. The summed E-state index contributed by atoms with van der Waals surface area (Å²) < 4.78 is 16.4. The zero-order valence-corrected chi connectivity index (χ0v) is 16.2. The van der Waals surface area contributed by atoms with Gasteiger partial charge in [-0.1, -0.05) is 24.9 Å². The van der Waals surface area contributed by atoms with Crippen molar-refractivity contribution in [1.29, 1.82) is 0 Å². The Morgan fingerprint density at radius 3 is 2.80 bits per heavy atom. The number of rotatable bonds is 7. The van der Waals surface area contributed by atoms with Crippen molar-refractivity contribution in [2.75, 3.05) is 26.1 Å². The first-order valence-electron chi connectivity index (χ1n) is 8.72. The summed E-state index contributed by atoms with van der Waals surface area (Å²) >= 11 is 6.29. The molecule has 1 aliphatic carbocycles. The van der Waals surface area contributed by atoms with Crippen LogP contribution in [0.4, 0.5) is 5.69 Å². The minimum absolute atomic E-state index is 0.108. The van der Waals surface area contributed by atoms with Gasteiger partial charge in [0, 0.05) is 19.9 Å². The van der Waals surface area contributed by atoms with E-state index >= 15 is 0 Å².